The molecule has 0 unspecified atom stereocenters. The quantitative estimate of drug-likeness (QED) is 0.835. The Morgan fingerprint density at radius 3 is 2.17 bits per heavy atom. The van der Waals surface area contributed by atoms with E-state index >= 15 is 0 Å². The molecule has 0 saturated carbocycles. The standard InChI is InChI=1S/C17H21N/c1-3-15-8-10-16(11-9-15)12-18-13-17-7-5-4-6-14(17)2/h4-11,18H,3,12-13H2,1-2H3. The summed E-state index contributed by atoms with van der Waals surface area (Å²) >= 11 is 0. The largest absolute Gasteiger partial charge is 0.309 e. The first kappa shape index (κ1) is 12.8. The summed E-state index contributed by atoms with van der Waals surface area (Å²) in [6.07, 6.45) is 1.11. The summed E-state index contributed by atoms with van der Waals surface area (Å²) in [5, 5.41) is 3.50. The lowest BCUT2D eigenvalue weighted by atomic mass is 10.1. The van der Waals surface area contributed by atoms with Gasteiger partial charge in [-0.05, 0) is 35.6 Å². The maximum atomic E-state index is 3.50. The van der Waals surface area contributed by atoms with Crippen LogP contribution in [0.5, 0.6) is 0 Å². The van der Waals surface area contributed by atoms with Crippen LogP contribution in [-0.2, 0) is 19.5 Å². The fraction of sp³-hybridized carbons (Fsp3) is 0.294. The second kappa shape index (κ2) is 6.36. The number of hydrogen-bond acceptors (Lipinski definition) is 1. The molecule has 1 N–H and O–H groups in total. The van der Waals surface area contributed by atoms with Crippen LogP contribution in [0.2, 0.25) is 0 Å². The summed E-state index contributed by atoms with van der Waals surface area (Å²) in [6, 6.07) is 17.4. The fourth-order valence-corrected chi connectivity index (χ4v) is 2.04. The number of rotatable bonds is 5. The van der Waals surface area contributed by atoms with Crippen molar-refractivity contribution >= 4 is 0 Å². The summed E-state index contributed by atoms with van der Waals surface area (Å²) in [5.41, 5.74) is 5.48. The zero-order valence-corrected chi connectivity index (χ0v) is 11.2. The molecule has 0 heterocycles. The van der Waals surface area contributed by atoms with Gasteiger partial charge >= 0.3 is 0 Å². The van der Waals surface area contributed by atoms with Crippen LogP contribution in [0.1, 0.15) is 29.2 Å². The summed E-state index contributed by atoms with van der Waals surface area (Å²) in [4.78, 5) is 0. The fourth-order valence-electron chi connectivity index (χ4n) is 2.04. The highest BCUT2D eigenvalue weighted by atomic mass is 14.8. The summed E-state index contributed by atoms with van der Waals surface area (Å²) in [6.45, 7) is 6.21. The SMILES string of the molecule is CCc1ccc(CNCc2ccccc2C)cc1. The molecule has 0 fully saturated rings. The average Bonchev–Trinajstić information content (AvgIpc) is 2.42. The first-order valence-electron chi connectivity index (χ1n) is 6.62. The topological polar surface area (TPSA) is 12.0 Å². The smallest absolute Gasteiger partial charge is 0.0211 e. The van der Waals surface area contributed by atoms with Crippen LogP contribution in [-0.4, -0.2) is 0 Å². The van der Waals surface area contributed by atoms with Crippen molar-refractivity contribution in [3.63, 3.8) is 0 Å². The van der Waals surface area contributed by atoms with Gasteiger partial charge in [-0.15, -0.1) is 0 Å². The van der Waals surface area contributed by atoms with Gasteiger partial charge in [0.05, 0.1) is 0 Å². The molecule has 0 spiro atoms. The summed E-state index contributed by atoms with van der Waals surface area (Å²) in [5.74, 6) is 0. The van der Waals surface area contributed by atoms with E-state index in [1.807, 2.05) is 0 Å². The van der Waals surface area contributed by atoms with Crippen molar-refractivity contribution in [2.45, 2.75) is 33.4 Å². The number of aryl methyl sites for hydroxylation is 2. The zero-order chi connectivity index (χ0) is 12.8. The van der Waals surface area contributed by atoms with Gasteiger partial charge in [0.2, 0.25) is 0 Å². The van der Waals surface area contributed by atoms with Crippen molar-refractivity contribution in [3.8, 4) is 0 Å². The molecule has 0 bridgehead atoms. The van der Waals surface area contributed by atoms with Crippen LogP contribution < -0.4 is 5.32 Å². The Kier molecular flexibility index (Phi) is 4.54. The van der Waals surface area contributed by atoms with E-state index in [1.165, 1.54) is 22.3 Å². The van der Waals surface area contributed by atoms with Crippen molar-refractivity contribution in [2.75, 3.05) is 0 Å². The van der Waals surface area contributed by atoms with Crippen LogP contribution in [0.4, 0.5) is 0 Å². The summed E-state index contributed by atoms with van der Waals surface area (Å²) < 4.78 is 0. The van der Waals surface area contributed by atoms with Gasteiger partial charge in [-0.1, -0.05) is 55.5 Å². The molecular weight excluding hydrogens is 218 g/mol. The van der Waals surface area contributed by atoms with Gasteiger partial charge in [-0.3, -0.25) is 0 Å². The molecule has 0 amide bonds. The van der Waals surface area contributed by atoms with E-state index in [9.17, 15) is 0 Å². The summed E-state index contributed by atoms with van der Waals surface area (Å²) in [7, 11) is 0. The minimum Gasteiger partial charge on any atom is -0.309 e. The molecule has 0 radical (unpaired) electrons. The molecule has 1 nitrogen and oxygen atoms in total. The lowest BCUT2D eigenvalue weighted by Gasteiger charge is -2.08. The normalized spacial score (nSPS) is 10.6. The van der Waals surface area contributed by atoms with Crippen molar-refractivity contribution in [1.29, 1.82) is 0 Å². The molecule has 2 aromatic rings. The van der Waals surface area contributed by atoms with Crippen LogP contribution in [0.3, 0.4) is 0 Å². The first-order valence-corrected chi connectivity index (χ1v) is 6.62. The molecular formula is C17H21N. The van der Waals surface area contributed by atoms with Gasteiger partial charge in [-0.2, -0.15) is 0 Å². The minimum atomic E-state index is 0.929. The molecule has 2 aromatic carbocycles. The van der Waals surface area contributed by atoms with Gasteiger partial charge in [-0.25, -0.2) is 0 Å². The molecule has 0 atom stereocenters. The van der Waals surface area contributed by atoms with E-state index in [1.54, 1.807) is 0 Å². The van der Waals surface area contributed by atoms with E-state index in [0.717, 1.165) is 19.5 Å². The third kappa shape index (κ3) is 3.44. The van der Waals surface area contributed by atoms with Crippen LogP contribution >= 0.6 is 0 Å². The Hall–Kier alpha value is -1.60. The van der Waals surface area contributed by atoms with E-state index in [2.05, 4.69) is 67.7 Å². The number of hydrogen-bond donors (Lipinski definition) is 1. The minimum absolute atomic E-state index is 0.929. The Labute approximate surface area is 110 Å². The molecule has 0 aliphatic rings. The predicted octanol–water partition coefficient (Wildman–Crippen LogP) is 3.85. The highest BCUT2D eigenvalue weighted by molar-refractivity contribution is 5.26. The Balaban J connectivity index is 1.86. The highest BCUT2D eigenvalue weighted by Gasteiger charge is 1.97. The number of benzene rings is 2. The van der Waals surface area contributed by atoms with E-state index in [4.69, 9.17) is 0 Å². The third-order valence-electron chi connectivity index (χ3n) is 3.34. The van der Waals surface area contributed by atoms with Crippen molar-refractivity contribution in [2.24, 2.45) is 0 Å². The average molecular weight is 239 g/mol. The molecule has 94 valence electrons. The zero-order valence-electron chi connectivity index (χ0n) is 11.2. The van der Waals surface area contributed by atoms with Crippen LogP contribution in [0.25, 0.3) is 0 Å². The highest BCUT2D eigenvalue weighted by Crippen LogP contribution is 2.08. The Morgan fingerprint density at radius 2 is 1.50 bits per heavy atom. The van der Waals surface area contributed by atoms with E-state index in [-0.39, 0.29) is 0 Å². The lowest BCUT2D eigenvalue weighted by molar-refractivity contribution is 0.690. The van der Waals surface area contributed by atoms with E-state index in [0.29, 0.717) is 0 Å². The lowest BCUT2D eigenvalue weighted by Crippen LogP contribution is -2.13. The van der Waals surface area contributed by atoms with Gasteiger partial charge in [0.15, 0.2) is 0 Å². The third-order valence-corrected chi connectivity index (χ3v) is 3.34. The van der Waals surface area contributed by atoms with Gasteiger partial charge in [0.25, 0.3) is 0 Å². The van der Waals surface area contributed by atoms with Gasteiger partial charge in [0.1, 0.15) is 0 Å². The van der Waals surface area contributed by atoms with Gasteiger partial charge in [0, 0.05) is 13.1 Å². The van der Waals surface area contributed by atoms with Crippen LogP contribution in [0.15, 0.2) is 48.5 Å². The maximum Gasteiger partial charge on any atom is 0.0211 e. The van der Waals surface area contributed by atoms with Crippen molar-refractivity contribution < 1.29 is 0 Å². The predicted molar refractivity (Wildman–Crippen MR) is 77.5 cm³/mol. The maximum absolute atomic E-state index is 3.50. The van der Waals surface area contributed by atoms with E-state index < -0.39 is 0 Å². The van der Waals surface area contributed by atoms with Crippen LogP contribution in [0, 0.1) is 6.92 Å². The monoisotopic (exact) mass is 239 g/mol. The molecule has 2 rings (SSSR count). The number of nitrogens with one attached hydrogen (secondary N) is 1. The molecule has 0 aliphatic carbocycles. The second-order valence-corrected chi connectivity index (χ2v) is 4.70. The molecule has 1 heteroatoms. The first-order chi connectivity index (χ1) is 8.79. The second-order valence-electron chi connectivity index (χ2n) is 4.70. The van der Waals surface area contributed by atoms with Gasteiger partial charge < -0.3 is 5.32 Å². The molecule has 0 aliphatic heterocycles. The van der Waals surface area contributed by atoms with Crippen molar-refractivity contribution in [3.05, 3.63) is 70.8 Å². The molecule has 18 heavy (non-hydrogen) atoms. The Bertz CT molecular complexity index is 485. The van der Waals surface area contributed by atoms with Crippen molar-refractivity contribution in [1.82, 2.24) is 5.32 Å². The Morgan fingerprint density at radius 1 is 0.833 bits per heavy atom. The molecule has 0 aromatic heterocycles. The molecule has 0 saturated heterocycles.